The highest BCUT2D eigenvalue weighted by atomic mass is 79.9. The Morgan fingerprint density at radius 3 is 2.79 bits per heavy atom. The van der Waals surface area contributed by atoms with Gasteiger partial charge in [0, 0.05) is 17.1 Å². The predicted molar refractivity (Wildman–Crippen MR) is 131 cm³/mol. The average molecular weight is 529 g/mol. The lowest BCUT2D eigenvalue weighted by Crippen LogP contribution is -2.30. The molecular weight excluding hydrogens is 508 g/mol. The molecule has 2 aromatic carbocycles. The Labute approximate surface area is 201 Å². The molecule has 4 aromatic rings. The second-order valence-electron chi connectivity index (χ2n) is 7.39. The molecule has 0 saturated carbocycles. The van der Waals surface area contributed by atoms with Gasteiger partial charge in [0.25, 0.3) is 5.56 Å². The zero-order chi connectivity index (χ0) is 24.2. The smallest absolute Gasteiger partial charge is 0.329 e. The van der Waals surface area contributed by atoms with E-state index in [9.17, 15) is 19.8 Å². The monoisotopic (exact) mass is 528 g/mol. The Balaban J connectivity index is 1.64. The summed E-state index contributed by atoms with van der Waals surface area (Å²) in [5.74, 6) is 0.731. The van der Waals surface area contributed by atoms with Crippen molar-refractivity contribution in [1.29, 1.82) is 0 Å². The number of H-pyrrole nitrogens is 1. The predicted octanol–water partition coefficient (Wildman–Crippen LogP) is 1.78. The third kappa shape index (κ3) is 5.02. The molecule has 0 fully saturated rings. The molecule has 176 valence electrons. The largest absolute Gasteiger partial charge is 0.507 e. The minimum Gasteiger partial charge on any atom is -0.507 e. The number of phenols is 1. The first-order valence-electron chi connectivity index (χ1n) is 10.2. The molecule has 12 heteroatoms. The van der Waals surface area contributed by atoms with E-state index in [1.54, 1.807) is 24.3 Å². The van der Waals surface area contributed by atoms with Gasteiger partial charge in [0.2, 0.25) is 5.95 Å². The number of hydrogen-bond donors (Lipinski definition) is 4. The van der Waals surface area contributed by atoms with Crippen molar-refractivity contribution in [3.8, 4) is 11.5 Å². The fourth-order valence-electron chi connectivity index (χ4n) is 3.26. The number of aromatic amines is 1. The van der Waals surface area contributed by atoms with E-state index in [2.05, 4.69) is 36.4 Å². The number of nitrogens with zero attached hydrogens (tertiary/aromatic N) is 4. The van der Waals surface area contributed by atoms with E-state index < -0.39 is 17.4 Å². The molecule has 0 aliphatic rings. The van der Waals surface area contributed by atoms with E-state index in [1.165, 1.54) is 28.5 Å². The van der Waals surface area contributed by atoms with E-state index in [1.807, 2.05) is 18.2 Å². The van der Waals surface area contributed by atoms with Gasteiger partial charge in [0.1, 0.15) is 24.2 Å². The van der Waals surface area contributed by atoms with Crippen molar-refractivity contribution >= 4 is 39.3 Å². The number of hydrazone groups is 1. The number of benzene rings is 2. The lowest BCUT2D eigenvalue weighted by atomic mass is 10.2. The van der Waals surface area contributed by atoms with Crippen LogP contribution in [0.2, 0.25) is 0 Å². The molecule has 0 unspecified atom stereocenters. The lowest BCUT2D eigenvalue weighted by Gasteiger charge is -2.15. The Morgan fingerprint density at radius 1 is 1.26 bits per heavy atom. The molecule has 4 rings (SSSR count). The number of nitrogens with one attached hydrogen (secondary N) is 2. The number of aliphatic hydroxyl groups is 1. The van der Waals surface area contributed by atoms with E-state index in [0.717, 1.165) is 4.47 Å². The van der Waals surface area contributed by atoms with Gasteiger partial charge in [-0.2, -0.15) is 10.1 Å². The van der Waals surface area contributed by atoms with E-state index >= 15 is 0 Å². The number of halogens is 1. The van der Waals surface area contributed by atoms with Crippen molar-refractivity contribution in [3.63, 3.8) is 0 Å². The second kappa shape index (κ2) is 9.93. The molecule has 0 amide bonds. The highest BCUT2D eigenvalue weighted by Crippen LogP contribution is 2.21. The number of aromatic hydroxyl groups is 1. The van der Waals surface area contributed by atoms with Crippen LogP contribution in [0.4, 0.5) is 5.95 Å². The molecule has 2 heterocycles. The zero-order valence-electron chi connectivity index (χ0n) is 18.0. The molecule has 0 aliphatic heterocycles. The van der Waals surface area contributed by atoms with Crippen LogP contribution >= 0.6 is 15.9 Å². The summed E-state index contributed by atoms with van der Waals surface area (Å²) in [7, 11) is 1.47. The highest BCUT2D eigenvalue weighted by molar-refractivity contribution is 9.10. The molecule has 0 bridgehead atoms. The molecule has 4 N–H and O–H groups in total. The zero-order valence-corrected chi connectivity index (χ0v) is 19.6. The summed E-state index contributed by atoms with van der Waals surface area (Å²) >= 11 is 3.33. The molecule has 0 aliphatic carbocycles. The quantitative estimate of drug-likeness (QED) is 0.201. The SMILES string of the molecule is Cn1c(=O)[nH]c(=O)c2c1nc(N/N=C/c1cc(Br)ccc1O)n2C[C@H](O)COc1ccccc1. The van der Waals surface area contributed by atoms with Crippen molar-refractivity contribution in [2.24, 2.45) is 12.1 Å². The van der Waals surface area contributed by atoms with Crippen molar-refractivity contribution in [1.82, 2.24) is 19.1 Å². The summed E-state index contributed by atoms with van der Waals surface area (Å²) in [4.78, 5) is 31.2. The van der Waals surface area contributed by atoms with Crippen molar-refractivity contribution in [2.45, 2.75) is 12.6 Å². The second-order valence-corrected chi connectivity index (χ2v) is 8.30. The van der Waals surface area contributed by atoms with Gasteiger partial charge < -0.3 is 19.5 Å². The van der Waals surface area contributed by atoms with Gasteiger partial charge in [0.05, 0.1) is 12.8 Å². The number of fused-ring (bicyclic) bond motifs is 1. The first kappa shape index (κ1) is 23.3. The summed E-state index contributed by atoms with van der Waals surface area (Å²) < 4.78 is 8.96. The number of rotatable bonds is 8. The van der Waals surface area contributed by atoms with Crippen LogP contribution in [0.5, 0.6) is 11.5 Å². The number of aliphatic hydroxyl groups excluding tert-OH is 1. The first-order valence-corrected chi connectivity index (χ1v) is 11.0. The fraction of sp³-hybridized carbons (Fsp3) is 0.182. The molecule has 11 nitrogen and oxygen atoms in total. The lowest BCUT2D eigenvalue weighted by molar-refractivity contribution is 0.0938. The van der Waals surface area contributed by atoms with E-state index in [0.29, 0.717) is 11.3 Å². The topological polar surface area (TPSA) is 147 Å². The number of anilines is 1. The number of para-hydroxylation sites is 1. The van der Waals surface area contributed by atoms with Crippen molar-refractivity contribution in [2.75, 3.05) is 12.0 Å². The van der Waals surface area contributed by atoms with Crippen molar-refractivity contribution < 1.29 is 14.9 Å². The Morgan fingerprint density at radius 2 is 2.03 bits per heavy atom. The van der Waals surface area contributed by atoms with Crippen LogP contribution in [0.3, 0.4) is 0 Å². The Hall–Kier alpha value is -3.90. The number of imidazole rings is 1. The Bertz CT molecular complexity index is 1460. The number of ether oxygens (including phenoxy) is 1. The van der Waals surface area contributed by atoms with Crippen LogP contribution in [-0.2, 0) is 13.6 Å². The summed E-state index contributed by atoms with van der Waals surface area (Å²) in [6.07, 6.45) is 0.370. The third-order valence-corrected chi connectivity index (χ3v) is 5.44. The van der Waals surface area contributed by atoms with E-state index in [4.69, 9.17) is 4.74 Å². The van der Waals surface area contributed by atoms with Crippen LogP contribution in [-0.4, -0.2) is 48.2 Å². The maximum Gasteiger partial charge on any atom is 0.329 e. The fourth-order valence-corrected chi connectivity index (χ4v) is 3.64. The van der Waals surface area contributed by atoms with Crippen LogP contribution in [0.15, 0.2) is 67.7 Å². The molecule has 1 atom stereocenters. The van der Waals surface area contributed by atoms with Gasteiger partial charge in [-0.1, -0.05) is 34.1 Å². The molecular formula is C22H21BrN6O5. The van der Waals surface area contributed by atoms with Crippen LogP contribution < -0.4 is 21.4 Å². The van der Waals surface area contributed by atoms with Gasteiger partial charge in [-0.25, -0.2) is 10.2 Å². The van der Waals surface area contributed by atoms with Gasteiger partial charge in [-0.15, -0.1) is 0 Å². The molecule has 0 saturated heterocycles. The number of aromatic nitrogens is 4. The van der Waals surface area contributed by atoms with Crippen LogP contribution in [0.25, 0.3) is 11.2 Å². The summed E-state index contributed by atoms with van der Waals surface area (Å²) in [5, 5.41) is 24.7. The summed E-state index contributed by atoms with van der Waals surface area (Å²) in [6.45, 7) is -0.105. The van der Waals surface area contributed by atoms with Gasteiger partial charge in [0.15, 0.2) is 11.2 Å². The molecule has 34 heavy (non-hydrogen) atoms. The standard InChI is InChI=1S/C22H21BrN6O5/c1-28-19-18(20(32)26-22(28)33)29(11-15(30)12-34-16-5-3-2-4-6-16)21(25-19)27-24-10-13-9-14(23)7-8-17(13)31/h2-10,15,30-31H,11-12H2,1H3,(H,25,27)(H,26,32,33)/b24-10+/t15-/m0/s1. The van der Waals surface area contributed by atoms with Gasteiger partial charge in [-0.05, 0) is 30.3 Å². The molecule has 2 aromatic heterocycles. The molecule has 0 radical (unpaired) electrons. The minimum absolute atomic E-state index is 0.0228. The van der Waals surface area contributed by atoms with Gasteiger partial charge >= 0.3 is 5.69 Å². The van der Waals surface area contributed by atoms with Crippen molar-refractivity contribution in [3.05, 3.63) is 79.4 Å². The average Bonchev–Trinajstić information content (AvgIpc) is 3.18. The van der Waals surface area contributed by atoms with Crippen LogP contribution in [0.1, 0.15) is 5.56 Å². The van der Waals surface area contributed by atoms with E-state index in [-0.39, 0.29) is 36.0 Å². The van der Waals surface area contributed by atoms with Gasteiger partial charge in [-0.3, -0.25) is 14.3 Å². The summed E-state index contributed by atoms with van der Waals surface area (Å²) in [6, 6.07) is 13.9. The van der Waals surface area contributed by atoms with Crippen LogP contribution in [0, 0.1) is 0 Å². The maximum absolute atomic E-state index is 12.6. The third-order valence-electron chi connectivity index (χ3n) is 4.94. The number of aryl methyl sites for hydroxylation is 1. The minimum atomic E-state index is -1.01. The maximum atomic E-state index is 12.6. The number of phenolic OH excluding ortho intramolecular Hbond substituents is 1. The first-order chi connectivity index (χ1) is 16.3. The molecule has 0 spiro atoms. The summed E-state index contributed by atoms with van der Waals surface area (Å²) in [5.41, 5.74) is 2.10. The highest BCUT2D eigenvalue weighted by Gasteiger charge is 2.20. The number of hydrogen-bond acceptors (Lipinski definition) is 8. The Kier molecular flexibility index (Phi) is 6.80. The normalized spacial score (nSPS) is 12.3.